The molecule has 0 spiro atoms. The first kappa shape index (κ1) is 13.6. The van der Waals surface area contributed by atoms with Crippen molar-refractivity contribution in [3.8, 4) is 11.4 Å². The fourth-order valence-electron chi connectivity index (χ4n) is 1.83. The molecule has 106 valence electrons. The molecule has 0 bridgehead atoms. The number of hydrogen-bond acceptors (Lipinski definition) is 5. The van der Waals surface area contributed by atoms with Gasteiger partial charge >= 0.3 is 0 Å². The Kier molecular flexibility index (Phi) is 3.87. The molecule has 0 aliphatic carbocycles. The lowest BCUT2D eigenvalue weighted by Gasteiger charge is -2.00. The first-order valence-corrected chi connectivity index (χ1v) is 7.26. The van der Waals surface area contributed by atoms with Crippen LogP contribution in [0.3, 0.4) is 0 Å². The SMILES string of the molecule is Nc1cc(F)cc(SCc2nc(-c3ccccc3)no2)c1. The summed E-state index contributed by atoms with van der Waals surface area (Å²) in [5, 5.41) is 3.94. The summed E-state index contributed by atoms with van der Waals surface area (Å²) >= 11 is 1.39. The van der Waals surface area contributed by atoms with Crippen molar-refractivity contribution in [1.82, 2.24) is 10.1 Å². The summed E-state index contributed by atoms with van der Waals surface area (Å²) < 4.78 is 18.4. The van der Waals surface area contributed by atoms with Crippen LogP contribution in [0.5, 0.6) is 0 Å². The molecule has 6 heteroatoms. The minimum Gasteiger partial charge on any atom is -0.399 e. The van der Waals surface area contributed by atoms with Crippen molar-refractivity contribution in [2.24, 2.45) is 0 Å². The largest absolute Gasteiger partial charge is 0.399 e. The Labute approximate surface area is 125 Å². The van der Waals surface area contributed by atoms with Gasteiger partial charge in [0.05, 0.1) is 5.75 Å². The maximum absolute atomic E-state index is 13.2. The molecule has 21 heavy (non-hydrogen) atoms. The summed E-state index contributed by atoms with van der Waals surface area (Å²) in [5.74, 6) is 1.14. The number of thioether (sulfide) groups is 1. The number of benzene rings is 2. The second-order valence-electron chi connectivity index (χ2n) is 4.39. The first-order chi connectivity index (χ1) is 10.2. The van der Waals surface area contributed by atoms with Gasteiger partial charge in [0, 0.05) is 16.1 Å². The number of halogens is 1. The maximum atomic E-state index is 13.2. The fourth-order valence-corrected chi connectivity index (χ4v) is 2.65. The van der Waals surface area contributed by atoms with Gasteiger partial charge in [-0.15, -0.1) is 11.8 Å². The average molecular weight is 301 g/mol. The van der Waals surface area contributed by atoms with E-state index in [-0.39, 0.29) is 5.82 Å². The van der Waals surface area contributed by atoms with Crippen LogP contribution in [-0.2, 0) is 5.75 Å². The van der Waals surface area contributed by atoms with Crippen molar-refractivity contribution < 1.29 is 8.91 Å². The van der Waals surface area contributed by atoms with Gasteiger partial charge in [-0.25, -0.2) is 4.39 Å². The Bertz CT molecular complexity index is 725. The van der Waals surface area contributed by atoms with Crippen molar-refractivity contribution in [3.05, 3.63) is 60.2 Å². The lowest BCUT2D eigenvalue weighted by molar-refractivity contribution is 0.391. The molecule has 4 nitrogen and oxygen atoms in total. The van der Waals surface area contributed by atoms with E-state index in [0.29, 0.717) is 23.2 Å². The zero-order valence-corrected chi connectivity index (χ0v) is 11.8. The summed E-state index contributed by atoms with van der Waals surface area (Å²) in [4.78, 5) is 5.05. The van der Waals surface area contributed by atoms with Crippen molar-refractivity contribution in [2.75, 3.05) is 5.73 Å². The molecule has 0 fully saturated rings. The summed E-state index contributed by atoms with van der Waals surface area (Å²) in [6.07, 6.45) is 0. The number of nitrogens with two attached hydrogens (primary N) is 1. The van der Waals surface area contributed by atoms with Gasteiger partial charge in [-0.3, -0.25) is 0 Å². The van der Waals surface area contributed by atoms with Crippen LogP contribution >= 0.6 is 11.8 Å². The molecule has 0 unspecified atom stereocenters. The van der Waals surface area contributed by atoms with Crippen LogP contribution in [0.25, 0.3) is 11.4 Å². The fraction of sp³-hybridized carbons (Fsp3) is 0.0667. The highest BCUT2D eigenvalue weighted by Gasteiger charge is 2.09. The molecular weight excluding hydrogens is 289 g/mol. The molecule has 1 aromatic heterocycles. The van der Waals surface area contributed by atoms with Crippen molar-refractivity contribution in [2.45, 2.75) is 10.6 Å². The highest BCUT2D eigenvalue weighted by Crippen LogP contribution is 2.26. The monoisotopic (exact) mass is 301 g/mol. The van der Waals surface area contributed by atoms with Crippen LogP contribution < -0.4 is 5.73 Å². The molecule has 0 saturated heterocycles. The smallest absolute Gasteiger partial charge is 0.237 e. The highest BCUT2D eigenvalue weighted by atomic mass is 32.2. The van der Waals surface area contributed by atoms with E-state index in [2.05, 4.69) is 10.1 Å². The van der Waals surface area contributed by atoms with Crippen LogP contribution in [0, 0.1) is 5.82 Å². The van der Waals surface area contributed by atoms with Gasteiger partial charge in [-0.1, -0.05) is 35.5 Å². The second-order valence-corrected chi connectivity index (χ2v) is 5.44. The lowest BCUT2D eigenvalue weighted by Crippen LogP contribution is -1.88. The number of rotatable bonds is 4. The maximum Gasteiger partial charge on any atom is 0.237 e. The van der Waals surface area contributed by atoms with Crippen LogP contribution in [0.15, 0.2) is 57.9 Å². The van der Waals surface area contributed by atoms with Gasteiger partial charge in [-0.05, 0) is 18.2 Å². The van der Waals surface area contributed by atoms with Gasteiger partial charge in [0.1, 0.15) is 5.82 Å². The van der Waals surface area contributed by atoms with E-state index in [9.17, 15) is 4.39 Å². The number of nitrogen functional groups attached to an aromatic ring is 1. The first-order valence-electron chi connectivity index (χ1n) is 6.27. The Morgan fingerprint density at radius 3 is 2.71 bits per heavy atom. The highest BCUT2D eigenvalue weighted by molar-refractivity contribution is 7.98. The number of aromatic nitrogens is 2. The molecule has 0 aliphatic rings. The summed E-state index contributed by atoms with van der Waals surface area (Å²) in [7, 11) is 0. The van der Waals surface area contributed by atoms with E-state index in [1.54, 1.807) is 6.07 Å². The molecule has 3 rings (SSSR count). The zero-order valence-electron chi connectivity index (χ0n) is 11.0. The third-order valence-corrected chi connectivity index (χ3v) is 3.72. The summed E-state index contributed by atoms with van der Waals surface area (Å²) in [5.41, 5.74) is 6.90. The molecular formula is C15H12FN3OS. The topological polar surface area (TPSA) is 64.9 Å². The summed E-state index contributed by atoms with van der Waals surface area (Å²) in [6, 6.07) is 14.0. The molecule has 0 aliphatic heterocycles. The van der Waals surface area contributed by atoms with E-state index >= 15 is 0 Å². The predicted molar refractivity (Wildman–Crippen MR) is 80.1 cm³/mol. The van der Waals surface area contributed by atoms with Crippen LogP contribution in [0.1, 0.15) is 5.89 Å². The molecule has 2 aromatic carbocycles. The normalized spacial score (nSPS) is 10.7. The van der Waals surface area contributed by atoms with Crippen molar-refractivity contribution in [1.29, 1.82) is 0 Å². The van der Waals surface area contributed by atoms with Crippen LogP contribution in [0.2, 0.25) is 0 Å². The van der Waals surface area contributed by atoms with Crippen LogP contribution in [0.4, 0.5) is 10.1 Å². The third-order valence-electron chi connectivity index (χ3n) is 2.76. The average Bonchev–Trinajstić information content (AvgIpc) is 2.94. The van der Waals surface area contributed by atoms with E-state index < -0.39 is 0 Å². The Hall–Kier alpha value is -2.34. The number of nitrogens with zero attached hydrogens (tertiary/aromatic N) is 2. The standard InChI is InChI=1S/C15H12FN3OS/c16-11-6-12(17)8-13(7-11)21-9-14-18-15(19-20-14)10-4-2-1-3-5-10/h1-8H,9,17H2. The molecule has 1 heterocycles. The van der Waals surface area contributed by atoms with Gasteiger partial charge in [0.25, 0.3) is 0 Å². The molecule has 0 radical (unpaired) electrons. The van der Waals surface area contributed by atoms with Gasteiger partial charge < -0.3 is 10.3 Å². The van der Waals surface area contributed by atoms with E-state index in [1.165, 1.54) is 23.9 Å². The Morgan fingerprint density at radius 1 is 1.14 bits per heavy atom. The molecule has 0 amide bonds. The van der Waals surface area contributed by atoms with E-state index in [4.69, 9.17) is 10.3 Å². The Morgan fingerprint density at radius 2 is 1.95 bits per heavy atom. The van der Waals surface area contributed by atoms with Crippen molar-refractivity contribution in [3.63, 3.8) is 0 Å². The third kappa shape index (κ3) is 3.41. The molecule has 0 saturated carbocycles. The second kappa shape index (κ2) is 5.97. The van der Waals surface area contributed by atoms with Crippen LogP contribution in [-0.4, -0.2) is 10.1 Å². The quantitative estimate of drug-likeness (QED) is 0.587. The number of anilines is 1. The minimum atomic E-state index is -0.354. The lowest BCUT2D eigenvalue weighted by atomic mass is 10.2. The van der Waals surface area contributed by atoms with Gasteiger partial charge in [-0.2, -0.15) is 4.98 Å². The Balaban J connectivity index is 1.70. The van der Waals surface area contributed by atoms with E-state index in [1.807, 2.05) is 30.3 Å². The van der Waals surface area contributed by atoms with Gasteiger partial charge in [0.15, 0.2) is 0 Å². The summed E-state index contributed by atoms with van der Waals surface area (Å²) in [6.45, 7) is 0. The molecule has 0 atom stereocenters. The molecule has 3 aromatic rings. The zero-order chi connectivity index (χ0) is 14.7. The van der Waals surface area contributed by atoms with E-state index in [0.717, 1.165) is 10.5 Å². The number of hydrogen-bond donors (Lipinski definition) is 1. The minimum absolute atomic E-state index is 0.354. The molecule has 2 N–H and O–H groups in total. The van der Waals surface area contributed by atoms with Gasteiger partial charge in [0.2, 0.25) is 11.7 Å². The van der Waals surface area contributed by atoms with Crippen molar-refractivity contribution >= 4 is 17.4 Å². The predicted octanol–water partition coefficient (Wildman–Crippen LogP) is 3.75.